The summed E-state index contributed by atoms with van der Waals surface area (Å²) in [5.41, 5.74) is 6.85. The molecule has 1 saturated heterocycles. The second kappa shape index (κ2) is 5.50. The van der Waals surface area contributed by atoms with E-state index in [-0.39, 0.29) is 5.54 Å². The minimum Gasteiger partial charge on any atom is -0.381 e. The molecule has 2 fully saturated rings. The molecule has 0 aromatic carbocycles. The molecule has 0 aromatic rings. The maximum absolute atomic E-state index is 6.70. The lowest BCUT2D eigenvalue weighted by Gasteiger charge is -2.43. The molecular weight excluding hydrogens is 198 g/mol. The van der Waals surface area contributed by atoms with Gasteiger partial charge in [-0.25, -0.2) is 0 Å². The van der Waals surface area contributed by atoms with Crippen LogP contribution in [0, 0.1) is 11.8 Å². The van der Waals surface area contributed by atoms with Crippen LogP contribution in [0.3, 0.4) is 0 Å². The highest BCUT2D eigenvalue weighted by molar-refractivity contribution is 4.95. The van der Waals surface area contributed by atoms with Crippen molar-refractivity contribution in [3.8, 4) is 0 Å². The van der Waals surface area contributed by atoms with Gasteiger partial charge in [0.05, 0.1) is 0 Å². The van der Waals surface area contributed by atoms with Gasteiger partial charge in [-0.2, -0.15) is 0 Å². The molecule has 0 bridgehead atoms. The third-order valence-corrected chi connectivity index (χ3v) is 4.76. The average molecular weight is 225 g/mol. The van der Waals surface area contributed by atoms with Crippen LogP contribution in [0.4, 0.5) is 0 Å². The third-order valence-electron chi connectivity index (χ3n) is 4.76. The first-order valence-corrected chi connectivity index (χ1v) is 7.11. The average Bonchev–Trinajstić information content (AvgIpc) is 2.30. The normalized spacial score (nSPS) is 37.5. The molecule has 0 aromatic heterocycles. The van der Waals surface area contributed by atoms with Gasteiger partial charge < -0.3 is 10.5 Å². The fraction of sp³-hybridized carbons (Fsp3) is 1.00. The molecule has 2 unspecified atom stereocenters. The maximum Gasteiger partial charge on any atom is 0.0468 e. The van der Waals surface area contributed by atoms with Crippen LogP contribution in [0.5, 0.6) is 0 Å². The lowest BCUT2D eigenvalue weighted by molar-refractivity contribution is 0.0437. The zero-order chi connectivity index (χ0) is 11.4. The Morgan fingerprint density at radius 3 is 2.62 bits per heavy atom. The Balaban J connectivity index is 1.93. The van der Waals surface area contributed by atoms with Gasteiger partial charge in [-0.1, -0.05) is 26.2 Å². The van der Waals surface area contributed by atoms with Gasteiger partial charge in [0.15, 0.2) is 0 Å². The van der Waals surface area contributed by atoms with E-state index in [1.54, 1.807) is 0 Å². The number of nitrogens with two attached hydrogens (primary N) is 1. The summed E-state index contributed by atoms with van der Waals surface area (Å²) in [5.74, 6) is 1.59. The van der Waals surface area contributed by atoms with E-state index < -0.39 is 0 Å². The number of rotatable bonds is 3. The summed E-state index contributed by atoms with van der Waals surface area (Å²) < 4.78 is 5.43. The smallest absolute Gasteiger partial charge is 0.0468 e. The summed E-state index contributed by atoms with van der Waals surface area (Å²) in [7, 11) is 0. The quantitative estimate of drug-likeness (QED) is 0.801. The lowest BCUT2D eigenvalue weighted by Crippen LogP contribution is -2.50. The van der Waals surface area contributed by atoms with E-state index >= 15 is 0 Å². The molecule has 1 saturated carbocycles. The van der Waals surface area contributed by atoms with E-state index in [4.69, 9.17) is 10.5 Å². The Kier molecular flexibility index (Phi) is 4.26. The van der Waals surface area contributed by atoms with Crippen molar-refractivity contribution in [2.24, 2.45) is 17.6 Å². The molecule has 0 amide bonds. The topological polar surface area (TPSA) is 35.2 Å². The number of hydrogen-bond acceptors (Lipinski definition) is 2. The van der Waals surface area contributed by atoms with Crippen molar-refractivity contribution in [1.29, 1.82) is 0 Å². The van der Waals surface area contributed by atoms with Crippen molar-refractivity contribution in [2.75, 3.05) is 13.2 Å². The van der Waals surface area contributed by atoms with Gasteiger partial charge in [-0.15, -0.1) is 0 Å². The molecule has 2 rings (SSSR count). The van der Waals surface area contributed by atoms with Crippen LogP contribution >= 0.6 is 0 Å². The minimum atomic E-state index is 0.148. The molecule has 2 N–H and O–H groups in total. The minimum absolute atomic E-state index is 0.148. The fourth-order valence-electron chi connectivity index (χ4n) is 3.70. The van der Waals surface area contributed by atoms with Crippen molar-refractivity contribution in [2.45, 2.75) is 63.8 Å². The van der Waals surface area contributed by atoms with Crippen LogP contribution in [0.1, 0.15) is 58.3 Å². The number of hydrogen-bond donors (Lipinski definition) is 1. The van der Waals surface area contributed by atoms with E-state index in [0.29, 0.717) is 0 Å². The first-order valence-electron chi connectivity index (χ1n) is 7.11. The maximum atomic E-state index is 6.70. The van der Waals surface area contributed by atoms with Crippen molar-refractivity contribution in [3.05, 3.63) is 0 Å². The van der Waals surface area contributed by atoms with Gasteiger partial charge >= 0.3 is 0 Å². The number of ether oxygens (including phenoxy) is 1. The highest BCUT2D eigenvalue weighted by Gasteiger charge is 2.37. The summed E-state index contributed by atoms with van der Waals surface area (Å²) in [4.78, 5) is 0. The standard InChI is InChI=1S/C14H27NO/c1-2-13-5-3-4-8-14(13,15)11-12-6-9-16-10-7-12/h12-13H,2-11,15H2,1H3. The zero-order valence-electron chi connectivity index (χ0n) is 10.7. The van der Waals surface area contributed by atoms with Crippen LogP contribution in [-0.4, -0.2) is 18.8 Å². The summed E-state index contributed by atoms with van der Waals surface area (Å²) in [5, 5.41) is 0. The van der Waals surface area contributed by atoms with Crippen LogP contribution in [0.15, 0.2) is 0 Å². The van der Waals surface area contributed by atoms with Gasteiger partial charge in [0.1, 0.15) is 0 Å². The van der Waals surface area contributed by atoms with E-state index in [9.17, 15) is 0 Å². The highest BCUT2D eigenvalue weighted by Crippen LogP contribution is 2.39. The Morgan fingerprint density at radius 1 is 1.19 bits per heavy atom. The van der Waals surface area contributed by atoms with Crippen LogP contribution in [0.25, 0.3) is 0 Å². The van der Waals surface area contributed by atoms with Gasteiger partial charge in [0.2, 0.25) is 0 Å². The molecule has 1 aliphatic heterocycles. The SMILES string of the molecule is CCC1CCCCC1(N)CC1CCOCC1. The highest BCUT2D eigenvalue weighted by atomic mass is 16.5. The van der Waals surface area contributed by atoms with Crippen LogP contribution in [0.2, 0.25) is 0 Å². The zero-order valence-corrected chi connectivity index (χ0v) is 10.7. The molecule has 16 heavy (non-hydrogen) atoms. The first-order chi connectivity index (χ1) is 7.74. The van der Waals surface area contributed by atoms with Crippen molar-refractivity contribution in [1.82, 2.24) is 0 Å². The van der Waals surface area contributed by atoms with Crippen molar-refractivity contribution in [3.63, 3.8) is 0 Å². The van der Waals surface area contributed by atoms with Gasteiger partial charge in [-0.05, 0) is 43.9 Å². The molecule has 0 radical (unpaired) electrons. The Bertz CT molecular complexity index is 213. The molecular formula is C14H27NO. The second-order valence-electron chi connectivity index (χ2n) is 5.84. The largest absolute Gasteiger partial charge is 0.381 e. The predicted octanol–water partition coefficient (Wildman–Crippen LogP) is 3.10. The fourth-order valence-corrected chi connectivity index (χ4v) is 3.70. The molecule has 2 heteroatoms. The summed E-state index contributed by atoms with van der Waals surface area (Å²) in [6.07, 6.45) is 10.3. The molecule has 2 atom stereocenters. The molecule has 0 spiro atoms. The van der Waals surface area contributed by atoms with E-state index in [2.05, 4.69) is 6.92 Å². The van der Waals surface area contributed by atoms with E-state index in [1.165, 1.54) is 51.4 Å². The molecule has 94 valence electrons. The lowest BCUT2D eigenvalue weighted by atomic mass is 9.67. The van der Waals surface area contributed by atoms with E-state index in [0.717, 1.165) is 25.0 Å². The molecule has 1 heterocycles. The third kappa shape index (κ3) is 2.78. The van der Waals surface area contributed by atoms with Crippen molar-refractivity contribution < 1.29 is 4.74 Å². The van der Waals surface area contributed by atoms with Crippen molar-refractivity contribution >= 4 is 0 Å². The van der Waals surface area contributed by atoms with Crippen LogP contribution in [-0.2, 0) is 4.74 Å². The predicted molar refractivity (Wildman–Crippen MR) is 67.3 cm³/mol. The van der Waals surface area contributed by atoms with E-state index in [1.807, 2.05) is 0 Å². The Morgan fingerprint density at radius 2 is 1.94 bits per heavy atom. The molecule has 2 aliphatic rings. The Labute approximate surface area is 99.9 Å². The first kappa shape index (κ1) is 12.4. The summed E-state index contributed by atoms with van der Waals surface area (Å²) >= 11 is 0. The van der Waals surface area contributed by atoms with Crippen LogP contribution < -0.4 is 5.73 Å². The van der Waals surface area contributed by atoms with Gasteiger partial charge in [0.25, 0.3) is 0 Å². The second-order valence-corrected chi connectivity index (χ2v) is 5.84. The van der Waals surface area contributed by atoms with Gasteiger partial charge in [0, 0.05) is 18.8 Å². The molecule has 1 aliphatic carbocycles. The monoisotopic (exact) mass is 225 g/mol. The molecule has 2 nitrogen and oxygen atoms in total. The Hall–Kier alpha value is -0.0800. The van der Waals surface area contributed by atoms with Gasteiger partial charge in [-0.3, -0.25) is 0 Å². The summed E-state index contributed by atoms with van der Waals surface area (Å²) in [6, 6.07) is 0. The summed E-state index contributed by atoms with van der Waals surface area (Å²) in [6.45, 7) is 4.22.